The molecule has 0 atom stereocenters. The highest BCUT2D eigenvalue weighted by molar-refractivity contribution is 9.10. The Morgan fingerprint density at radius 1 is 1.61 bits per heavy atom. The predicted molar refractivity (Wildman–Crippen MR) is 78.3 cm³/mol. The minimum atomic E-state index is -0.102. The second-order valence-electron chi connectivity index (χ2n) is 3.47. The first-order chi connectivity index (χ1) is 8.58. The van der Waals surface area contributed by atoms with Gasteiger partial charge in [0.05, 0.1) is 5.69 Å². The number of nitrogens with zero attached hydrogens (tertiary/aromatic N) is 1. The van der Waals surface area contributed by atoms with Crippen LogP contribution < -0.4 is 11.1 Å². The molecule has 0 aliphatic carbocycles. The SMILES string of the molecule is CSCCC(=O)Nc1cc(Br)ccc1/C(N)=N/O. The molecule has 1 aromatic rings. The van der Waals surface area contributed by atoms with Crippen molar-refractivity contribution in [2.24, 2.45) is 10.9 Å². The molecule has 0 saturated heterocycles. The molecular weight excluding hydrogens is 318 g/mol. The minimum Gasteiger partial charge on any atom is -0.409 e. The molecule has 0 spiro atoms. The highest BCUT2D eigenvalue weighted by Gasteiger charge is 2.10. The van der Waals surface area contributed by atoms with Gasteiger partial charge >= 0.3 is 0 Å². The fourth-order valence-corrected chi connectivity index (χ4v) is 2.06. The highest BCUT2D eigenvalue weighted by atomic mass is 79.9. The van der Waals surface area contributed by atoms with Crippen LogP contribution in [0.15, 0.2) is 27.8 Å². The number of rotatable bonds is 5. The summed E-state index contributed by atoms with van der Waals surface area (Å²) in [6.45, 7) is 0. The Balaban J connectivity index is 2.92. The Kier molecular flexibility index (Phi) is 6.00. The molecule has 0 saturated carbocycles. The van der Waals surface area contributed by atoms with Gasteiger partial charge in [-0.25, -0.2) is 0 Å². The maximum Gasteiger partial charge on any atom is 0.225 e. The van der Waals surface area contributed by atoms with Crippen molar-refractivity contribution in [2.45, 2.75) is 6.42 Å². The van der Waals surface area contributed by atoms with Gasteiger partial charge in [0, 0.05) is 22.2 Å². The van der Waals surface area contributed by atoms with Gasteiger partial charge in [-0.05, 0) is 24.5 Å². The molecule has 1 aromatic carbocycles. The molecular formula is C11H14BrN3O2S. The summed E-state index contributed by atoms with van der Waals surface area (Å²) in [4.78, 5) is 11.7. The van der Waals surface area contributed by atoms with E-state index in [4.69, 9.17) is 10.9 Å². The monoisotopic (exact) mass is 331 g/mol. The van der Waals surface area contributed by atoms with E-state index in [9.17, 15) is 4.79 Å². The molecule has 0 bridgehead atoms. The van der Waals surface area contributed by atoms with Crippen LogP contribution in [0.3, 0.4) is 0 Å². The van der Waals surface area contributed by atoms with E-state index in [0.717, 1.165) is 10.2 Å². The Labute approximate surface area is 118 Å². The summed E-state index contributed by atoms with van der Waals surface area (Å²) < 4.78 is 0.803. The number of oxime groups is 1. The van der Waals surface area contributed by atoms with E-state index in [1.807, 2.05) is 6.26 Å². The van der Waals surface area contributed by atoms with Gasteiger partial charge in [0.1, 0.15) is 0 Å². The van der Waals surface area contributed by atoms with Crippen LogP contribution in [-0.2, 0) is 4.79 Å². The van der Waals surface area contributed by atoms with Crippen molar-refractivity contribution in [1.82, 2.24) is 0 Å². The van der Waals surface area contributed by atoms with E-state index in [1.54, 1.807) is 30.0 Å². The lowest BCUT2D eigenvalue weighted by Gasteiger charge is -2.10. The van der Waals surface area contributed by atoms with Gasteiger partial charge < -0.3 is 16.3 Å². The molecule has 4 N–H and O–H groups in total. The van der Waals surface area contributed by atoms with Crippen molar-refractivity contribution in [3.8, 4) is 0 Å². The zero-order valence-corrected chi connectivity index (χ0v) is 12.2. The zero-order chi connectivity index (χ0) is 13.5. The second-order valence-corrected chi connectivity index (χ2v) is 5.37. The number of carbonyl (C=O) groups excluding carboxylic acids is 1. The molecule has 0 aromatic heterocycles. The van der Waals surface area contributed by atoms with Crippen LogP contribution in [0.2, 0.25) is 0 Å². The number of thioether (sulfide) groups is 1. The molecule has 18 heavy (non-hydrogen) atoms. The van der Waals surface area contributed by atoms with Crippen molar-refractivity contribution in [1.29, 1.82) is 0 Å². The Hall–Kier alpha value is -1.21. The quantitative estimate of drug-likeness (QED) is 0.334. The number of anilines is 1. The lowest BCUT2D eigenvalue weighted by atomic mass is 10.1. The third-order valence-electron chi connectivity index (χ3n) is 2.17. The number of carbonyl (C=O) groups is 1. The number of amidine groups is 1. The molecule has 0 heterocycles. The van der Waals surface area contributed by atoms with Crippen LogP contribution in [0, 0.1) is 0 Å². The summed E-state index contributed by atoms with van der Waals surface area (Å²) in [5.41, 5.74) is 6.55. The zero-order valence-electron chi connectivity index (χ0n) is 9.81. The van der Waals surface area contributed by atoms with Gasteiger partial charge in [-0.15, -0.1) is 0 Å². The number of benzene rings is 1. The standard InChI is InChI=1S/C11H14BrN3O2S/c1-18-5-4-10(16)14-9-6-7(12)2-3-8(9)11(13)15-17/h2-3,6,17H,4-5H2,1H3,(H2,13,15)(H,14,16). The molecule has 98 valence electrons. The van der Waals surface area contributed by atoms with Crippen LogP contribution in [0.25, 0.3) is 0 Å². The summed E-state index contributed by atoms with van der Waals surface area (Å²) >= 11 is 4.91. The van der Waals surface area contributed by atoms with Crippen molar-refractivity contribution in [2.75, 3.05) is 17.3 Å². The number of halogens is 1. The lowest BCUT2D eigenvalue weighted by Crippen LogP contribution is -2.19. The van der Waals surface area contributed by atoms with Crippen molar-refractivity contribution >= 4 is 45.1 Å². The van der Waals surface area contributed by atoms with Crippen LogP contribution in [0.5, 0.6) is 0 Å². The molecule has 5 nitrogen and oxygen atoms in total. The topological polar surface area (TPSA) is 87.7 Å². The molecule has 0 fully saturated rings. The highest BCUT2D eigenvalue weighted by Crippen LogP contribution is 2.21. The fraction of sp³-hybridized carbons (Fsp3) is 0.273. The van der Waals surface area contributed by atoms with E-state index in [2.05, 4.69) is 26.4 Å². The number of amides is 1. The molecule has 0 radical (unpaired) electrons. The average Bonchev–Trinajstić information content (AvgIpc) is 2.35. The van der Waals surface area contributed by atoms with Gasteiger partial charge in [0.25, 0.3) is 0 Å². The summed E-state index contributed by atoms with van der Waals surface area (Å²) in [6.07, 6.45) is 2.36. The number of hydrogen-bond donors (Lipinski definition) is 3. The molecule has 1 amide bonds. The summed E-state index contributed by atoms with van der Waals surface area (Å²) in [5.74, 6) is 0.607. The minimum absolute atomic E-state index is 0.0392. The first-order valence-electron chi connectivity index (χ1n) is 5.14. The smallest absolute Gasteiger partial charge is 0.225 e. The third-order valence-corrected chi connectivity index (χ3v) is 3.28. The maximum absolute atomic E-state index is 11.7. The summed E-state index contributed by atoms with van der Waals surface area (Å²) in [7, 11) is 0. The largest absolute Gasteiger partial charge is 0.409 e. The lowest BCUT2D eigenvalue weighted by molar-refractivity contribution is -0.115. The van der Waals surface area contributed by atoms with Crippen molar-refractivity contribution in [3.63, 3.8) is 0 Å². The molecule has 1 rings (SSSR count). The fourth-order valence-electron chi connectivity index (χ4n) is 1.30. The van der Waals surface area contributed by atoms with Crippen LogP contribution >= 0.6 is 27.7 Å². The van der Waals surface area contributed by atoms with Gasteiger partial charge in [-0.3, -0.25) is 4.79 Å². The average molecular weight is 332 g/mol. The maximum atomic E-state index is 11.7. The number of nitrogens with one attached hydrogen (secondary N) is 1. The molecule has 0 aliphatic rings. The van der Waals surface area contributed by atoms with E-state index >= 15 is 0 Å². The summed E-state index contributed by atoms with van der Waals surface area (Å²) in [5, 5.41) is 14.4. The Bertz CT molecular complexity index is 466. The first-order valence-corrected chi connectivity index (χ1v) is 7.33. The Morgan fingerprint density at radius 3 is 2.94 bits per heavy atom. The van der Waals surface area contributed by atoms with Crippen molar-refractivity contribution in [3.05, 3.63) is 28.2 Å². The van der Waals surface area contributed by atoms with Gasteiger partial charge in [0.2, 0.25) is 5.91 Å². The van der Waals surface area contributed by atoms with E-state index < -0.39 is 0 Å². The number of hydrogen-bond acceptors (Lipinski definition) is 4. The van der Waals surface area contributed by atoms with Crippen molar-refractivity contribution < 1.29 is 10.0 Å². The second kappa shape index (κ2) is 7.27. The predicted octanol–water partition coefficient (Wildman–Crippen LogP) is 2.24. The third kappa shape index (κ3) is 4.23. The molecule has 0 unspecified atom stereocenters. The van der Waals surface area contributed by atoms with E-state index in [1.165, 1.54) is 0 Å². The van der Waals surface area contributed by atoms with Crippen LogP contribution in [0.4, 0.5) is 5.69 Å². The van der Waals surface area contributed by atoms with Crippen LogP contribution in [0.1, 0.15) is 12.0 Å². The van der Waals surface area contributed by atoms with Gasteiger partial charge in [0.15, 0.2) is 5.84 Å². The summed E-state index contributed by atoms with van der Waals surface area (Å²) in [6, 6.07) is 5.14. The van der Waals surface area contributed by atoms with E-state index in [-0.39, 0.29) is 11.7 Å². The van der Waals surface area contributed by atoms with E-state index in [0.29, 0.717) is 17.7 Å². The number of nitrogens with two attached hydrogens (primary N) is 1. The molecule has 0 aliphatic heterocycles. The van der Waals surface area contributed by atoms with Crippen LogP contribution in [-0.4, -0.2) is 29.0 Å². The van der Waals surface area contributed by atoms with Gasteiger partial charge in [-0.2, -0.15) is 11.8 Å². The first kappa shape index (κ1) is 14.8. The normalized spacial score (nSPS) is 11.3. The van der Waals surface area contributed by atoms with Gasteiger partial charge in [-0.1, -0.05) is 21.1 Å². The molecule has 7 heteroatoms. The Morgan fingerprint density at radius 2 is 2.33 bits per heavy atom.